The molecule has 1 rings (SSSR count). The first-order valence-electron chi connectivity index (χ1n) is 6.13. The summed E-state index contributed by atoms with van der Waals surface area (Å²) >= 11 is 0. The summed E-state index contributed by atoms with van der Waals surface area (Å²) in [5, 5.41) is 25.4. The van der Waals surface area contributed by atoms with Gasteiger partial charge in [0.2, 0.25) is 0 Å². The van der Waals surface area contributed by atoms with Crippen LogP contribution in [0, 0.1) is 15.9 Å². The molecule has 0 aliphatic carbocycles. The van der Waals surface area contributed by atoms with Gasteiger partial charge in [0.1, 0.15) is 5.56 Å². The molecule has 0 spiro atoms. The summed E-state index contributed by atoms with van der Waals surface area (Å²) in [4.78, 5) is 20.7. The Bertz CT molecular complexity index is 508. The van der Waals surface area contributed by atoms with Crippen LogP contribution < -0.4 is 10.6 Å². The van der Waals surface area contributed by atoms with Crippen LogP contribution in [0.25, 0.3) is 0 Å². The van der Waals surface area contributed by atoms with Gasteiger partial charge in [-0.2, -0.15) is 0 Å². The normalized spacial score (nSPS) is 10.3. The number of hydrogen-bond donors (Lipinski definition) is 3. The monoisotopic (exact) mass is 285 g/mol. The number of nitro benzene ring substituents is 1. The minimum absolute atomic E-state index is 0.0514. The molecule has 0 saturated carbocycles. The SMILES string of the molecule is CCNCCCNc1cc(C(=O)O)c([N+](=O)[O-])cc1F. The van der Waals surface area contributed by atoms with Crippen molar-refractivity contribution in [3.63, 3.8) is 0 Å². The second kappa shape index (κ2) is 7.39. The number of rotatable bonds is 8. The lowest BCUT2D eigenvalue weighted by atomic mass is 10.1. The maximum absolute atomic E-state index is 13.7. The van der Waals surface area contributed by atoms with Crippen molar-refractivity contribution < 1.29 is 19.2 Å². The van der Waals surface area contributed by atoms with E-state index in [-0.39, 0.29) is 5.69 Å². The van der Waals surface area contributed by atoms with Gasteiger partial charge in [-0.1, -0.05) is 6.92 Å². The standard InChI is InChI=1S/C12H16FN3O4/c1-2-14-4-3-5-15-10-6-8(12(17)18)11(16(19)20)7-9(10)13/h6-7,14-15H,2-5H2,1H3,(H,17,18). The number of nitrogens with zero attached hydrogens (tertiary/aromatic N) is 1. The average Bonchev–Trinajstić information content (AvgIpc) is 2.39. The summed E-state index contributed by atoms with van der Waals surface area (Å²) < 4.78 is 13.7. The van der Waals surface area contributed by atoms with Gasteiger partial charge in [-0.25, -0.2) is 9.18 Å². The highest BCUT2D eigenvalue weighted by Crippen LogP contribution is 2.26. The van der Waals surface area contributed by atoms with Gasteiger partial charge in [0, 0.05) is 6.54 Å². The van der Waals surface area contributed by atoms with Crippen molar-refractivity contribution in [2.24, 2.45) is 0 Å². The lowest BCUT2D eigenvalue weighted by Gasteiger charge is -2.09. The number of benzene rings is 1. The van der Waals surface area contributed by atoms with Crippen LogP contribution in [0.4, 0.5) is 15.8 Å². The van der Waals surface area contributed by atoms with E-state index in [0.717, 1.165) is 19.2 Å². The molecular weight excluding hydrogens is 269 g/mol. The Kier molecular flexibility index (Phi) is 5.85. The number of anilines is 1. The number of carboxylic acid groups (broad SMARTS) is 1. The summed E-state index contributed by atoms with van der Waals surface area (Å²) in [6.07, 6.45) is 0.715. The third-order valence-corrected chi connectivity index (χ3v) is 2.61. The van der Waals surface area contributed by atoms with Crippen LogP contribution in [-0.4, -0.2) is 35.6 Å². The first-order valence-corrected chi connectivity index (χ1v) is 6.13. The first-order chi connectivity index (χ1) is 9.47. The molecule has 110 valence electrons. The van der Waals surface area contributed by atoms with Crippen LogP contribution in [0.5, 0.6) is 0 Å². The predicted octanol–water partition coefficient (Wildman–Crippen LogP) is 1.84. The van der Waals surface area contributed by atoms with Crippen molar-refractivity contribution in [1.82, 2.24) is 5.32 Å². The summed E-state index contributed by atoms with van der Waals surface area (Å²) in [6.45, 7) is 3.96. The molecule has 0 aromatic heterocycles. The molecule has 0 fully saturated rings. The largest absolute Gasteiger partial charge is 0.477 e. The molecule has 1 aromatic rings. The molecule has 0 atom stereocenters. The highest BCUT2D eigenvalue weighted by Gasteiger charge is 2.23. The summed E-state index contributed by atoms with van der Waals surface area (Å²) in [6, 6.07) is 1.57. The number of carboxylic acids is 1. The van der Waals surface area contributed by atoms with Gasteiger partial charge in [0.05, 0.1) is 16.7 Å². The molecule has 0 aliphatic heterocycles. The van der Waals surface area contributed by atoms with E-state index in [1.165, 1.54) is 0 Å². The van der Waals surface area contributed by atoms with Gasteiger partial charge >= 0.3 is 5.97 Å². The van der Waals surface area contributed by atoms with Gasteiger partial charge in [0.25, 0.3) is 5.69 Å². The zero-order valence-corrected chi connectivity index (χ0v) is 11.0. The molecule has 7 nitrogen and oxygen atoms in total. The third-order valence-electron chi connectivity index (χ3n) is 2.61. The minimum Gasteiger partial charge on any atom is -0.477 e. The lowest BCUT2D eigenvalue weighted by Crippen LogP contribution is -2.17. The van der Waals surface area contributed by atoms with Crippen molar-refractivity contribution in [1.29, 1.82) is 0 Å². The Labute approximate surface area is 114 Å². The van der Waals surface area contributed by atoms with E-state index >= 15 is 0 Å². The van der Waals surface area contributed by atoms with Gasteiger partial charge in [-0.05, 0) is 25.6 Å². The van der Waals surface area contributed by atoms with Crippen molar-refractivity contribution in [2.75, 3.05) is 25.0 Å². The van der Waals surface area contributed by atoms with E-state index in [4.69, 9.17) is 5.11 Å². The summed E-state index contributed by atoms with van der Waals surface area (Å²) in [7, 11) is 0. The number of halogens is 1. The van der Waals surface area contributed by atoms with Crippen LogP contribution in [0.1, 0.15) is 23.7 Å². The predicted molar refractivity (Wildman–Crippen MR) is 71.7 cm³/mol. The van der Waals surface area contributed by atoms with Crippen LogP contribution in [0.15, 0.2) is 12.1 Å². The Hall–Kier alpha value is -2.22. The molecule has 8 heteroatoms. The fourth-order valence-electron chi connectivity index (χ4n) is 1.63. The third kappa shape index (κ3) is 4.16. The van der Waals surface area contributed by atoms with E-state index in [1.54, 1.807) is 0 Å². The summed E-state index contributed by atoms with van der Waals surface area (Å²) in [5.74, 6) is -2.31. The van der Waals surface area contributed by atoms with Crippen LogP contribution in [-0.2, 0) is 0 Å². The quantitative estimate of drug-likeness (QED) is 0.382. The van der Waals surface area contributed by atoms with Crippen molar-refractivity contribution in [3.8, 4) is 0 Å². The van der Waals surface area contributed by atoms with E-state index in [1.807, 2.05) is 6.92 Å². The number of hydrogen-bond acceptors (Lipinski definition) is 5. The Morgan fingerprint density at radius 2 is 2.15 bits per heavy atom. The average molecular weight is 285 g/mol. The number of aromatic carboxylic acids is 1. The molecule has 0 radical (unpaired) electrons. The maximum atomic E-state index is 13.7. The van der Waals surface area contributed by atoms with Crippen LogP contribution >= 0.6 is 0 Å². The second-order valence-electron chi connectivity index (χ2n) is 4.05. The Morgan fingerprint density at radius 1 is 1.45 bits per heavy atom. The molecule has 0 bridgehead atoms. The molecule has 20 heavy (non-hydrogen) atoms. The number of nitrogens with one attached hydrogen (secondary N) is 2. The van der Waals surface area contributed by atoms with Gasteiger partial charge in [-0.3, -0.25) is 10.1 Å². The van der Waals surface area contributed by atoms with E-state index < -0.39 is 28.0 Å². The lowest BCUT2D eigenvalue weighted by molar-refractivity contribution is -0.385. The molecular formula is C12H16FN3O4. The highest BCUT2D eigenvalue weighted by molar-refractivity contribution is 5.93. The molecule has 0 aliphatic rings. The van der Waals surface area contributed by atoms with E-state index in [2.05, 4.69) is 10.6 Å². The highest BCUT2D eigenvalue weighted by atomic mass is 19.1. The van der Waals surface area contributed by atoms with Gasteiger partial charge in [0.15, 0.2) is 5.82 Å². The molecule has 0 unspecified atom stereocenters. The molecule has 0 amide bonds. The molecule has 0 heterocycles. The fraction of sp³-hybridized carbons (Fsp3) is 0.417. The zero-order valence-electron chi connectivity index (χ0n) is 11.0. The second-order valence-corrected chi connectivity index (χ2v) is 4.05. The maximum Gasteiger partial charge on any atom is 0.342 e. The minimum atomic E-state index is -1.47. The smallest absolute Gasteiger partial charge is 0.342 e. The number of nitro groups is 1. The van der Waals surface area contributed by atoms with E-state index in [9.17, 15) is 19.3 Å². The molecule has 1 aromatic carbocycles. The van der Waals surface area contributed by atoms with Crippen LogP contribution in [0.2, 0.25) is 0 Å². The van der Waals surface area contributed by atoms with Gasteiger partial charge in [-0.15, -0.1) is 0 Å². The fourth-order valence-corrected chi connectivity index (χ4v) is 1.63. The van der Waals surface area contributed by atoms with E-state index in [0.29, 0.717) is 19.0 Å². The zero-order chi connectivity index (χ0) is 15.1. The van der Waals surface area contributed by atoms with Crippen LogP contribution in [0.3, 0.4) is 0 Å². The topological polar surface area (TPSA) is 104 Å². The number of carbonyl (C=O) groups is 1. The Morgan fingerprint density at radius 3 is 2.70 bits per heavy atom. The first kappa shape index (κ1) is 15.8. The molecule has 0 saturated heterocycles. The Balaban J connectivity index is 2.84. The molecule has 3 N–H and O–H groups in total. The van der Waals surface area contributed by atoms with Crippen molar-refractivity contribution >= 4 is 17.3 Å². The van der Waals surface area contributed by atoms with Crippen molar-refractivity contribution in [3.05, 3.63) is 33.6 Å². The van der Waals surface area contributed by atoms with Gasteiger partial charge < -0.3 is 15.7 Å². The van der Waals surface area contributed by atoms with Crippen molar-refractivity contribution in [2.45, 2.75) is 13.3 Å². The summed E-state index contributed by atoms with van der Waals surface area (Å²) in [5.41, 5.74) is -1.34.